The van der Waals surface area contributed by atoms with E-state index in [1.54, 1.807) is 22.8 Å². The van der Waals surface area contributed by atoms with Gasteiger partial charge < -0.3 is 14.4 Å². The van der Waals surface area contributed by atoms with Crippen molar-refractivity contribution in [3.8, 4) is 5.88 Å². The molecule has 0 bridgehead atoms. The van der Waals surface area contributed by atoms with Gasteiger partial charge in [-0.1, -0.05) is 47.5 Å². The zero-order chi connectivity index (χ0) is 15.7. The van der Waals surface area contributed by atoms with Crippen molar-refractivity contribution in [2.24, 2.45) is 0 Å². The maximum Gasteiger partial charge on any atom is 0.512 e. The first-order valence-corrected chi connectivity index (χ1v) is 7.23. The summed E-state index contributed by atoms with van der Waals surface area (Å²) in [5.74, 6) is 0.264. The minimum Gasteiger partial charge on any atom is -0.449 e. The Morgan fingerprint density at radius 3 is 2.59 bits per heavy atom. The average Bonchev–Trinajstić information content (AvgIpc) is 2.80. The first kappa shape index (κ1) is 14.8. The molecule has 3 aromatic rings. The van der Waals surface area contributed by atoms with Crippen molar-refractivity contribution in [3.63, 3.8) is 0 Å². The molecular formula is C16H11Cl2NO3. The number of para-hydroxylation sites is 1. The molecule has 2 aromatic carbocycles. The highest BCUT2D eigenvalue weighted by atomic mass is 35.5. The monoisotopic (exact) mass is 335 g/mol. The smallest absolute Gasteiger partial charge is 0.449 e. The maximum absolute atomic E-state index is 10.9. The van der Waals surface area contributed by atoms with Crippen LogP contribution in [0.2, 0.25) is 10.0 Å². The number of hydrogen-bond acceptors (Lipinski definition) is 2. The number of aromatic nitrogens is 1. The summed E-state index contributed by atoms with van der Waals surface area (Å²) >= 11 is 11.9. The van der Waals surface area contributed by atoms with Crippen LogP contribution in [0.25, 0.3) is 10.9 Å². The number of halogens is 2. The summed E-state index contributed by atoms with van der Waals surface area (Å²) in [7, 11) is 0. The predicted octanol–water partition coefficient (Wildman–Crippen LogP) is 5.05. The molecule has 0 unspecified atom stereocenters. The SMILES string of the molecule is O=C(O)Oc1cc2ccccc2n1Cc1ccc(Cl)c(Cl)c1. The second-order valence-electron chi connectivity index (χ2n) is 4.74. The van der Waals surface area contributed by atoms with Crippen LogP contribution < -0.4 is 4.74 Å². The van der Waals surface area contributed by atoms with Crippen LogP contribution in [0, 0.1) is 0 Å². The van der Waals surface area contributed by atoms with Crippen molar-refractivity contribution in [2.45, 2.75) is 6.54 Å². The fourth-order valence-electron chi connectivity index (χ4n) is 2.34. The minimum atomic E-state index is -1.35. The minimum absolute atomic E-state index is 0.264. The Balaban J connectivity index is 2.07. The van der Waals surface area contributed by atoms with E-state index in [4.69, 9.17) is 33.0 Å². The van der Waals surface area contributed by atoms with Crippen LogP contribution in [0.3, 0.4) is 0 Å². The van der Waals surface area contributed by atoms with E-state index in [2.05, 4.69) is 0 Å². The van der Waals surface area contributed by atoms with E-state index < -0.39 is 6.16 Å². The normalized spacial score (nSPS) is 10.8. The molecule has 4 nitrogen and oxygen atoms in total. The molecule has 3 rings (SSSR count). The lowest BCUT2D eigenvalue weighted by atomic mass is 10.2. The third-order valence-corrected chi connectivity index (χ3v) is 4.03. The standard InChI is InChI=1S/C16H11Cl2NO3/c17-12-6-5-10(7-13(12)18)9-19-14-4-2-1-3-11(14)8-15(19)22-16(20)21/h1-8H,9H2,(H,20,21). The Morgan fingerprint density at radius 1 is 1.09 bits per heavy atom. The number of rotatable bonds is 3. The summed E-state index contributed by atoms with van der Waals surface area (Å²) in [5, 5.41) is 10.7. The molecule has 0 radical (unpaired) electrons. The van der Waals surface area contributed by atoms with Gasteiger partial charge in [0.15, 0.2) is 0 Å². The van der Waals surface area contributed by atoms with Gasteiger partial charge in [0.05, 0.1) is 22.1 Å². The van der Waals surface area contributed by atoms with Crippen LogP contribution in [0.5, 0.6) is 5.88 Å². The number of carbonyl (C=O) groups is 1. The van der Waals surface area contributed by atoms with Gasteiger partial charge in [0.1, 0.15) is 0 Å². The zero-order valence-corrected chi connectivity index (χ0v) is 12.8. The van der Waals surface area contributed by atoms with Gasteiger partial charge in [-0.2, -0.15) is 0 Å². The van der Waals surface area contributed by atoms with E-state index in [9.17, 15) is 4.79 Å². The summed E-state index contributed by atoms with van der Waals surface area (Å²) in [6.07, 6.45) is -1.35. The molecule has 1 aromatic heterocycles. The lowest BCUT2D eigenvalue weighted by molar-refractivity contribution is 0.141. The molecule has 0 aliphatic heterocycles. The molecular weight excluding hydrogens is 325 g/mol. The zero-order valence-electron chi connectivity index (χ0n) is 11.3. The summed E-state index contributed by atoms with van der Waals surface area (Å²) in [4.78, 5) is 10.9. The van der Waals surface area contributed by atoms with E-state index in [1.165, 1.54) is 0 Å². The second kappa shape index (κ2) is 5.91. The summed E-state index contributed by atoms with van der Waals surface area (Å²) in [5.41, 5.74) is 1.77. The third-order valence-electron chi connectivity index (χ3n) is 3.29. The largest absolute Gasteiger partial charge is 0.512 e. The lowest BCUT2D eigenvalue weighted by Gasteiger charge is -2.10. The Morgan fingerprint density at radius 2 is 1.86 bits per heavy atom. The number of nitrogens with zero attached hydrogens (tertiary/aromatic N) is 1. The Hall–Kier alpha value is -2.17. The van der Waals surface area contributed by atoms with Gasteiger partial charge in [0.25, 0.3) is 0 Å². The van der Waals surface area contributed by atoms with Crippen LogP contribution >= 0.6 is 23.2 Å². The Labute approximate surface area is 136 Å². The number of ether oxygens (including phenoxy) is 1. The van der Waals surface area contributed by atoms with Gasteiger partial charge in [-0.3, -0.25) is 0 Å². The van der Waals surface area contributed by atoms with Crippen molar-refractivity contribution in [1.82, 2.24) is 4.57 Å². The van der Waals surface area contributed by atoms with E-state index in [-0.39, 0.29) is 5.88 Å². The molecule has 0 aliphatic carbocycles. The van der Waals surface area contributed by atoms with Crippen LogP contribution in [-0.4, -0.2) is 15.8 Å². The average molecular weight is 336 g/mol. The molecule has 0 amide bonds. The molecule has 0 saturated carbocycles. The van der Waals surface area contributed by atoms with Crippen molar-refractivity contribution in [1.29, 1.82) is 0 Å². The molecule has 0 atom stereocenters. The molecule has 1 heterocycles. The highest BCUT2D eigenvalue weighted by Crippen LogP contribution is 2.28. The molecule has 0 fully saturated rings. The summed E-state index contributed by atoms with van der Waals surface area (Å²) in [6.45, 7) is 0.424. The molecule has 0 saturated heterocycles. The van der Waals surface area contributed by atoms with Crippen LogP contribution in [-0.2, 0) is 6.54 Å². The van der Waals surface area contributed by atoms with Crippen molar-refractivity contribution in [3.05, 3.63) is 64.1 Å². The molecule has 0 spiro atoms. The summed E-state index contributed by atoms with van der Waals surface area (Å²) in [6, 6.07) is 14.6. The van der Waals surface area contributed by atoms with E-state index in [0.717, 1.165) is 16.5 Å². The summed E-state index contributed by atoms with van der Waals surface area (Å²) < 4.78 is 6.66. The fraction of sp³-hybridized carbons (Fsp3) is 0.0625. The highest BCUT2D eigenvalue weighted by Gasteiger charge is 2.13. The van der Waals surface area contributed by atoms with Gasteiger partial charge in [0, 0.05) is 11.5 Å². The van der Waals surface area contributed by atoms with Crippen molar-refractivity contribution >= 4 is 40.3 Å². The Kier molecular flexibility index (Phi) is 3.96. The van der Waals surface area contributed by atoms with Crippen LogP contribution in [0.1, 0.15) is 5.56 Å². The van der Waals surface area contributed by atoms with Gasteiger partial charge in [0.2, 0.25) is 5.88 Å². The second-order valence-corrected chi connectivity index (χ2v) is 5.56. The van der Waals surface area contributed by atoms with Crippen molar-refractivity contribution < 1.29 is 14.6 Å². The molecule has 6 heteroatoms. The van der Waals surface area contributed by atoms with Crippen LogP contribution in [0.15, 0.2) is 48.5 Å². The molecule has 22 heavy (non-hydrogen) atoms. The van der Waals surface area contributed by atoms with Gasteiger partial charge >= 0.3 is 6.16 Å². The first-order chi connectivity index (χ1) is 10.5. The maximum atomic E-state index is 10.9. The molecule has 0 aliphatic rings. The molecule has 112 valence electrons. The van der Waals surface area contributed by atoms with Crippen molar-refractivity contribution in [2.75, 3.05) is 0 Å². The van der Waals surface area contributed by atoms with E-state index in [1.807, 2.05) is 30.3 Å². The first-order valence-electron chi connectivity index (χ1n) is 6.47. The lowest BCUT2D eigenvalue weighted by Crippen LogP contribution is -2.09. The van der Waals surface area contributed by atoms with E-state index in [0.29, 0.717) is 16.6 Å². The van der Waals surface area contributed by atoms with Gasteiger partial charge in [-0.25, -0.2) is 4.79 Å². The predicted molar refractivity (Wildman–Crippen MR) is 86.2 cm³/mol. The van der Waals surface area contributed by atoms with Gasteiger partial charge in [-0.05, 0) is 23.8 Å². The van der Waals surface area contributed by atoms with Crippen LogP contribution in [0.4, 0.5) is 4.79 Å². The fourth-order valence-corrected chi connectivity index (χ4v) is 2.66. The topological polar surface area (TPSA) is 51.5 Å². The third kappa shape index (κ3) is 2.89. The quantitative estimate of drug-likeness (QED) is 0.681. The van der Waals surface area contributed by atoms with E-state index >= 15 is 0 Å². The number of hydrogen-bond donors (Lipinski definition) is 1. The number of fused-ring (bicyclic) bond motifs is 1. The molecule has 1 N–H and O–H groups in total. The highest BCUT2D eigenvalue weighted by molar-refractivity contribution is 6.42. The number of benzene rings is 2. The Bertz CT molecular complexity index is 858. The van der Waals surface area contributed by atoms with Gasteiger partial charge in [-0.15, -0.1) is 0 Å². The number of carboxylic acid groups (broad SMARTS) is 1.